The molecule has 0 spiro atoms. The van der Waals surface area contributed by atoms with Gasteiger partial charge in [0.15, 0.2) is 87.6 Å². The molecule has 0 N–H and O–H groups in total. The van der Waals surface area contributed by atoms with E-state index in [0.717, 1.165) is 99.8 Å². The summed E-state index contributed by atoms with van der Waals surface area (Å²) in [5, 5.41) is 0. The van der Waals surface area contributed by atoms with Crippen molar-refractivity contribution in [3.8, 4) is 51.7 Å². The van der Waals surface area contributed by atoms with Crippen molar-refractivity contribution in [3.63, 3.8) is 0 Å². The quantitative estimate of drug-likeness (QED) is 0.0285. The van der Waals surface area contributed by atoms with E-state index in [1.165, 1.54) is 65.1 Å². The number of ether oxygens (including phenoxy) is 9. The summed E-state index contributed by atoms with van der Waals surface area (Å²) in [5.41, 5.74) is 7.78. The number of halogens is 9. The third kappa shape index (κ3) is 32.1. The molecule has 0 aliphatic rings. The van der Waals surface area contributed by atoms with E-state index in [2.05, 4.69) is 504 Å². The normalized spacial score (nSPS) is 10.9. The first-order valence-corrected chi connectivity index (χ1v) is 58.5. The second-order valence-electron chi connectivity index (χ2n) is 32.4. The Kier molecular flexibility index (Phi) is 41.3. The van der Waals surface area contributed by atoms with Crippen LogP contribution in [-0.2, 0) is 89.8 Å². The minimum atomic E-state index is -0.473. The van der Waals surface area contributed by atoms with Gasteiger partial charge < -0.3 is 42.6 Å². The summed E-state index contributed by atoms with van der Waals surface area (Å²) >= 11 is 16.1. The van der Waals surface area contributed by atoms with E-state index in [1.807, 2.05) is 103 Å². The standard InChI is InChI=1S/C33H27I2O3S.C32H24FI2O2S.C32H25I2O2S.C26H21FIO2S/c1-36-33-31(37-22-24-12-16-26(34)17-13-24)20-30(21-32(33)38-23-25-14-18-27(35)19-15-25)39(28-8-4-2-5-9-28)29-10-6-3-7-11-29;33-25-5-15-30(16-6-25)38(31-17-11-28(12-18-31)36-21-23-1-7-26(34)8-2-23)32-19-13-29(14-20-32)37-22-24-3-9-27(35)10-4-24;33-26-10-6-24(7-11-26)22-35-28-14-18-31(19-15-28)37(30-4-2-1-3-5-30)32-20-16-29(17-21-32)36-23-25-8-12-27(34)13-9-25;1-29-26-24(27)16-23(17-25(26)30-18-19-12-14-20(28)15-13-19)31(21-8-4-2-5-9-21)22-10-6-3-7-11-22/h2-21H,22-23H2,1H3;1-20H,21-22H2;1-21H,22-23H2;2-17H,18H2,1H3/q4*+1. The maximum atomic E-state index is 15.1. The molecule has 19 aromatic carbocycles. The summed E-state index contributed by atoms with van der Waals surface area (Å²) in [6, 6.07) is 158. The van der Waals surface area contributed by atoms with E-state index in [1.54, 1.807) is 13.2 Å². The summed E-state index contributed by atoms with van der Waals surface area (Å²) in [4.78, 5) is 13.7. The molecule has 0 saturated carbocycles. The molecule has 0 saturated heterocycles. The van der Waals surface area contributed by atoms with Crippen molar-refractivity contribution in [3.05, 3.63) is 543 Å². The summed E-state index contributed by atoms with van der Waals surface area (Å²) < 4.78 is 91.4. The van der Waals surface area contributed by atoms with Crippen LogP contribution in [0.15, 0.2) is 526 Å². The van der Waals surface area contributed by atoms with Gasteiger partial charge in [-0.25, -0.2) is 8.78 Å². The zero-order valence-electron chi connectivity index (χ0n) is 78.6. The Balaban J connectivity index is 0.000000139. The summed E-state index contributed by atoms with van der Waals surface area (Å²) in [5.74, 6) is 5.16. The second-order valence-corrected chi connectivity index (χ2v) is 49.3. The molecule has 726 valence electrons. The van der Waals surface area contributed by atoms with Gasteiger partial charge in [0.25, 0.3) is 0 Å². The van der Waals surface area contributed by atoms with Crippen molar-refractivity contribution in [2.45, 2.75) is 105 Å². The minimum Gasteiger partial charge on any atom is -0.490 e. The lowest BCUT2D eigenvalue weighted by Crippen LogP contribution is -2.08. The van der Waals surface area contributed by atoms with Crippen LogP contribution in [0.3, 0.4) is 0 Å². The summed E-state index contributed by atoms with van der Waals surface area (Å²) in [6.07, 6.45) is 0. The van der Waals surface area contributed by atoms with E-state index < -0.39 is 27.6 Å². The maximum Gasteiger partial charge on any atom is 0.203 e. The van der Waals surface area contributed by atoms with Gasteiger partial charge in [0.1, 0.15) is 75.1 Å². The van der Waals surface area contributed by atoms with E-state index in [0.29, 0.717) is 69.2 Å². The Morgan fingerprint density at radius 2 is 0.352 bits per heavy atom. The largest absolute Gasteiger partial charge is 0.490 e. The van der Waals surface area contributed by atoms with Crippen LogP contribution in [0.5, 0.6) is 51.7 Å². The van der Waals surface area contributed by atoms with Gasteiger partial charge in [0.2, 0.25) is 5.75 Å². The molecule has 145 heavy (non-hydrogen) atoms. The van der Waals surface area contributed by atoms with E-state index in [4.69, 9.17) is 42.6 Å². The lowest BCUT2D eigenvalue weighted by molar-refractivity contribution is 0.256. The molecule has 0 bridgehead atoms. The third-order valence-electron chi connectivity index (χ3n) is 22.2. The van der Waals surface area contributed by atoms with E-state index in [9.17, 15) is 4.39 Å². The van der Waals surface area contributed by atoms with Gasteiger partial charge in [-0.2, -0.15) is 0 Å². The molecule has 22 heteroatoms. The van der Waals surface area contributed by atoms with Gasteiger partial charge >= 0.3 is 0 Å². The minimum absolute atomic E-state index is 0.124. The lowest BCUT2D eigenvalue weighted by Gasteiger charge is -2.17. The number of hydrogen-bond donors (Lipinski definition) is 0. The molecule has 0 aliphatic heterocycles. The summed E-state index contributed by atoms with van der Waals surface area (Å²) in [6.45, 7) is 3.35. The molecule has 0 radical (unpaired) electrons. The van der Waals surface area contributed by atoms with E-state index >= 15 is 4.39 Å². The second kappa shape index (κ2) is 55.7. The maximum absolute atomic E-state index is 15.1. The van der Waals surface area contributed by atoms with Crippen LogP contribution in [0.2, 0.25) is 0 Å². The van der Waals surface area contributed by atoms with Crippen LogP contribution in [0, 0.1) is 36.6 Å². The molecule has 19 aromatic rings. The number of benzene rings is 19. The smallest absolute Gasteiger partial charge is 0.203 e. The number of hydrogen-bond acceptors (Lipinski definition) is 9. The molecular formula is C123H97F2I7O9S4+4. The lowest BCUT2D eigenvalue weighted by atomic mass is 10.2. The number of rotatable bonds is 35. The molecule has 0 aromatic heterocycles. The van der Waals surface area contributed by atoms with Crippen molar-refractivity contribution in [2.24, 2.45) is 0 Å². The summed E-state index contributed by atoms with van der Waals surface area (Å²) in [7, 11) is 1.66. The van der Waals surface area contributed by atoms with Gasteiger partial charge in [-0.05, 0) is 464 Å². The monoisotopic (exact) mass is 2770 g/mol. The fourth-order valence-electron chi connectivity index (χ4n) is 14.9. The van der Waals surface area contributed by atoms with Crippen LogP contribution in [-0.4, -0.2) is 14.2 Å². The van der Waals surface area contributed by atoms with Gasteiger partial charge in [-0.1, -0.05) is 176 Å². The Bertz CT molecular complexity index is 6900. The molecule has 0 heterocycles. The topological polar surface area (TPSA) is 83.1 Å². The number of methoxy groups -OCH3 is 2. The zero-order chi connectivity index (χ0) is 100. The first-order valence-electron chi connectivity index (χ1n) is 46.0. The molecule has 19 rings (SSSR count). The molecule has 0 unspecified atom stereocenters. The third-order valence-corrected chi connectivity index (χ3v) is 36.1. The zero-order valence-corrected chi connectivity index (χ0v) is 97.0. The van der Waals surface area contributed by atoms with Crippen LogP contribution < -0.4 is 42.6 Å². The highest BCUT2D eigenvalue weighted by Crippen LogP contribution is 2.46. The Morgan fingerprint density at radius 3 is 0.559 bits per heavy atom. The predicted molar refractivity (Wildman–Crippen MR) is 643 cm³/mol. The predicted octanol–water partition coefficient (Wildman–Crippen LogP) is 34.7. The fourth-order valence-corrected chi connectivity index (χ4v) is 25.8. The van der Waals surface area contributed by atoms with Crippen molar-refractivity contribution in [2.75, 3.05) is 14.2 Å². The van der Waals surface area contributed by atoms with Crippen molar-refractivity contribution < 1.29 is 51.4 Å². The van der Waals surface area contributed by atoms with Gasteiger partial charge in [0.05, 0.1) is 57.8 Å². The molecular weight excluding hydrogens is 2680 g/mol. The van der Waals surface area contributed by atoms with Crippen molar-refractivity contribution >= 4 is 202 Å². The average molecular weight is 2770 g/mol. The molecule has 9 nitrogen and oxygen atoms in total. The highest BCUT2D eigenvalue weighted by Gasteiger charge is 2.36. The Morgan fingerprint density at radius 1 is 0.179 bits per heavy atom. The molecule has 0 fully saturated rings. The highest BCUT2D eigenvalue weighted by molar-refractivity contribution is 14.1. The van der Waals surface area contributed by atoms with Gasteiger partial charge in [-0.15, -0.1) is 0 Å². The molecule has 0 aliphatic carbocycles. The SMILES string of the molecule is COc1c(F)cc([S+](c2ccccc2)c2ccccc2)cc1OCc1ccc(I)cc1.COc1c(OCc2ccc(I)cc2)cc([S+](c2ccccc2)c2ccccc2)cc1OCc1ccc(I)cc1.Fc1ccc([S+](c2ccc(OCc3ccc(I)cc3)cc2)c2ccc(OCc3ccc(I)cc3)cc2)cc1.Ic1ccc(COc2ccc([S+](c3ccccc3)c3ccc(OCc4ccc(I)cc4)cc3)cc2)cc1. The highest BCUT2D eigenvalue weighted by atomic mass is 127. The first kappa shape index (κ1) is 107. The molecule has 0 atom stereocenters. The van der Waals surface area contributed by atoms with Gasteiger partial charge in [0, 0.05) is 49.3 Å². The van der Waals surface area contributed by atoms with Crippen molar-refractivity contribution in [1.29, 1.82) is 0 Å². The average Bonchev–Trinajstić information content (AvgIpc) is 0.787. The van der Waals surface area contributed by atoms with Crippen LogP contribution in [0.1, 0.15) is 38.9 Å². The van der Waals surface area contributed by atoms with Crippen LogP contribution in [0.25, 0.3) is 0 Å². The Hall–Kier alpha value is -10.3. The van der Waals surface area contributed by atoms with Crippen molar-refractivity contribution in [1.82, 2.24) is 0 Å². The van der Waals surface area contributed by atoms with Crippen LogP contribution in [0.4, 0.5) is 8.78 Å². The van der Waals surface area contributed by atoms with Crippen LogP contribution >= 0.6 is 158 Å². The first-order chi connectivity index (χ1) is 70.9. The van der Waals surface area contributed by atoms with E-state index in [-0.39, 0.29) is 33.4 Å². The Labute approximate surface area is 954 Å². The molecule has 0 amide bonds. The fraction of sp³-hybridized carbons (Fsp3) is 0.0732. The van der Waals surface area contributed by atoms with Gasteiger partial charge in [-0.3, -0.25) is 0 Å².